The van der Waals surface area contributed by atoms with Crippen molar-refractivity contribution in [3.8, 4) is 0 Å². The summed E-state index contributed by atoms with van der Waals surface area (Å²) in [4.78, 5) is 9.48. The van der Waals surface area contributed by atoms with Crippen molar-refractivity contribution in [2.24, 2.45) is 0 Å². The van der Waals surface area contributed by atoms with Crippen LogP contribution < -0.4 is 4.72 Å². The molecule has 8 heteroatoms. The SMILES string of the molecule is CC(C)N(C)CCCNS(=O)(=O)c1cnc(Cl)nc1. The molecule has 0 unspecified atom stereocenters. The summed E-state index contributed by atoms with van der Waals surface area (Å²) in [6, 6.07) is 0.446. The first-order valence-corrected chi connectivity index (χ1v) is 7.86. The number of halogens is 1. The summed E-state index contributed by atoms with van der Waals surface area (Å²) in [6.45, 7) is 5.39. The van der Waals surface area contributed by atoms with Crippen LogP contribution in [0.3, 0.4) is 0 Å². The van der Waals surface area contributed by atoms with E-state index < -0.39 is 10.0 Å². The lowest BCUT2D eigenvalue weighted by Gasteiger charge is -2.20. The van der Waals surface area contributed by atoms with Gasteiger partial charge in [0.05, 0.1) is 12.4 Å². The van der Waals surface area contributed by atoms with Gasteiger partial charge in [0.25, 0.3) is 0 Å². The topological polar surface area (TPSA) is 75.2 Å². The highest BCUT2D eigenvalue weighted by molar-refractivity contribution is 7.89. The van der Waals surface area contributed by atoms with Gasteiger partial charge in [-0.25, -0.2) is 23.1 Å². The van der Waals surface area contributed by atoms with Crippen molar-refractivity contribution >= 4 is 21.6 Å². The largest absolute Gasteiger partial charge is 0.304 e. The van der Waals surface area contributed by atoms with Crippen LogP contribution in [0.15, 0.2) is 17.3 Å². The maximum Gasteiger partial charge on any atom is 0.243 e. The minimum atomic E-state index is -3.55. The summed E-state index contributed by atoms with van der Waals surface area (Å²) in [5.41, 5.74) is 0. The molecule has 1 N–H and O–H groups in total. The van der Waals surface area contributed by atoms with Gasteiger partial charge >= 0.3 is 0 Å². The van der Waals surface area contributed by atoms with E-state index in [1.807, 2.05) is 7.05 Å². The molecule has 0 fully saturated rings. The first-order chi connectivity index (χ1) is 8.83. The van der Waals surface area contributed by atoms with Gasteiger partial charge in [-0.15, -0.1) is 0 Å². The molecule has 19 heavy (non-hydrogen) atoms. The molecule has 0 saturated heterocycles. The highest BCUT2D eigenvalue weighted by Crippen LogP contribution is 2.07. The third-order valence-corrected chi connectivity index (χ3v) is 4.38. The van der Waals surface area contributed by atoms with Crippen LogP contribution in [0.2, 0.25) is 5.28 Å². The molecular weight excluding hydrogens is 288 g/mol. The first-order valence-electron chi connectivity index (χ1n) is 6.00. The van der Waals surface area contributed by atoms with Crippen LogP contribution in [0.5, 0.6) is 0 Å². The fraction of sp³-hybridized carbons (Fsp3) is 0.636. The van der Waals surface area contributed by atoms with E-state index in [2.05, 4.69) is 33.4 Å². The molecule has 6 nitrogen and oxygen atoms in total. The third-order valence-electron chi connectivity index (χ3n) is 2.77. The summed E-state index contributed by atoms with van der Waals surface area (Å²) < 4.78 is 26.3. The summed E-state index contributed by atoms with van der Waals surface area (Å²) in [7, 11) is -1.54. The number of rotatable bonds is 7. The van der Waals surface area contributed by atoms with Crippen LogP contribution in [0.25, 0.3) is 0 Å². The lowest BCUT2D eigenvalue weighted by Crippen LogP contribution is -2.31. The molecule has 0 atom stereocenters. The molecular formula is C11H19ClN4O2S. The molecule has 1 aromatic rings. The molecule has 0 aromatic carbocycles. The van der Waals surface area contributed by atoms with Crippen molar-refractivity contribution in [2.75, 3.05) is 20.1 Å². The Hall–Kier alpha value is -0.760. The van der Waals surface area contributed by atoms with Gasteiger partial charge in [-0.2, -0.15) is 0 Å². The Morgan fingerprint density at radius 3 is 2.47 bits per heavy atom. The summed E-state index contributed by atoms with van der Waals surface area (Å²) in [5.74, 6) is 0. The molecule has 108 valence electrons. The van der Waals surface area contributed by atoms with E-state index in [0.29, 0.717) is 12.6 Å². The van der Waals surface area contributed by atoms with Gasteiger partial charge in [0.1, 0.15) is 4.90 Å². The fourth-order valence-corrected chi connectivity index (χ4v) is 2.38. The Labute approximate surface area is 119 Å². The Morgan fingerprint density at radius 1 is 1.37 bits per heavy atom. The maximum absolute atomic E-state index is 11.9. The smallest absolute Gasteiger partial charge is 0.243 e. The Kier molecular flexibility index (Phi) is 6.12. The van der Waals surface area contributed by atoms with Crippen molar-refractivity contribution in [1.82, 2.24) is 19.6 Å². The van der Waals surface area contributed by atoms with Gasteiger partial charge in [-0.3, -0.25) is 0 Å². The lowest BCUT2D eigenvalue weighted by molar-refractivity contribution is 0.271. The number of nitrogens with one attached hydrogen (secondary N) is 1. The number of hydrogen-bond acceptors (Lipinski definition) is 5. The molecule has 0 saturated carbocycles. The molecule has 0 aliphatic rings. The Bertz CT molecular complexity index is 490. The van der Waals surface area contributed by atoms with Gasteiger partial charge in [-0.1, -0.05) is 0 Å². The second-order valence-electron chi connectivity index (χ2n) is 4.51. The number of aromatic nitrogens is 2. The van der Waals surface area contributed by atoms with Gasteiger partial charge < -0.3 is 4.90 Å². The van der Waals surface area contributed by atoms with Crippen molar-refractivity contribution in [3.63, 3.8) is 0 Å². The van der Waals surface area contributed by atoms with Crippen molar-refractivity contribution in [2.45, 2.75) is 31.2 Å². The van der Waals surface area contributed by atoms with E-state index >= 15 is 0 Å². The maximum atomic E-state index is 11.9. The minimum Gasteiger partial charge on any atom is -0.304 e. The number of sulfonamides is 1. The predicted octanol–water partition coefficient (Wildman–Crippen LogP) is 1.14. The first kappa shape index (κ1) is 16.3. The van der Waals surface area contributed by atoms with E-state index in [-0.39, 0.29) is 10.2 Å². The highest BCUT2D eigenvalue weighted by Gasteiger charge is 2.14. The van der Waals surface area contributed by atoms with Crippen LogP contribution in [-0.2, 0) is 10.0 Å². The van der Waals surface area contributed by atoms with Crippen molar-refractivity contribution in [3.05, 3.63) is 17.7 Å². The molecule has 0 radical (unpaired) electrons. The normalized spacial score (nSPS) is 12.3. The molecule has 0 amide bonds. The predicted molar refractivity (Wildman–Crippen MR) is 74.6 cm³/mol. The van der Waals surface area contributed by atoms with E-state index in [1.54, 1.807) is 0 Å². The fourth-order valence-electron chi connectivity index (χ4n) is 1.32. The van der Waals surface area contributed by atoms with E-state index in [0.717, 1.165) is 13.0 Å². The summed E-state index contributed by atoms with van der Waals surface area (Å²) in [6.07, 6.45) is 3.12. The van der Waals surface area contributed by atoms with Gasteiger partial charge in [-0.05, 0) is 45.5 Å². The molecule has 0 bridgehead atoms. The zero-order valence-electron chi connectivity index (χ0n) is 11.3. The second kappa shape index (κ2) is 7.14. The van der Waals surface area contributed by atoms with Crippen LogP contribution >= 0.6 is 11.6 Å². The van der Waals surface area contributed by atoms with Gasteiger partial charge in [0.15, 0.2) is 0 Å². The molecule has 1 rings (SSSR count). The molecule has 0 aliphatic heterocycles. The Balaban J connectivity index is 2.46. The van der Waals surface area contributed by atoms with E-state index in [4.69, 9.17) is 11.6 Å². The van der Waals surface area contributed by atoms with E-state index in [9.17, 15) is 8.42 Å². The Morgan fingerprint density at radius 2 is 1.95 bits per heavy atom. The number of hydrogen-bond donors (Lipinski definition) is 1. The standard InChI is InChI=1S/C11H19ClN4O2S/c1-9(2)16(3)6-4-5-15-19(17,18)10-7-13-11(12)14-8-10/h7-9,15H,4-6H2,1-3H3. The summed E-state index contributed by atoms with van der Waals surface area (Å²) >= 11 is 5.51. The molecule has 0 aliphatic carbocycles. The van der Waals surface area contributed by atoms with Crippen LogP contribution in [-0.4, -0.2) is 49.5 Å². The average Bonchev–Trinajstić information content (AvgIpc) is 2.34. The van der Waals surface area contributed by atoms with Gasteiger partial charge in [0.2, 0.25) is 15.3 Å². The monoisotopic (exact) mass is 306 g/mol. The van der Waals surface area contributed by atoms with Crippen LogP contribution in [0.1, 0.15) is 20.3 Å². The lowest BCUT2D eigenvalue weighted by atomic mass is 10.3. The quantitative estimate of drug-likeness (QED) is 0.604. The summed E-state index contributed by atoms with van der Waals surface area (Å²) in [5, 5.41) is 0.0255. The van der Waals surface area contributed by atoms with Crippen LogP contribution in [0.4, 0.5) is 0 Å². The third kappa shape index (κ3) is 5.40. The van der Waals surface area contributed by atoms with Crippen molar-refractivity contribution < 1.29 is 8.42 Å². The van der Waals surface area contributed by atoms with Crippen LogP contribution in [0, 0.1) is 0 Å². The zero-order chi connectivity index (χ0) is 14.5. The average molecular weight is 307 g/mol. The highest BCUT2D eigenvalue weighted by atomic mass is 35.5. The minimum absolute atomic E-state index is 0.0223. The molecule has 1 aromatic heterocycles. The van der Waals surface area contributed by atoms with Gasteiger partial charge in [0, 0.05) is 12.6 Å². The number of nitrogens with zero attached hydrogens (tertiary/aromatic N) is 3. The van der Waals surface area contributed by atoms with E-state index in [1.165, 1.54) is 12.4 Å². The molecule has 1 heterocycles. The van der Waals surface area contributed by atoms with Crippen molar-refractivity contribution in [1.29, 1.82) is 0 Å². The molecule has 0 spiro atoms. The zero-order valence-corrected chi connectivity index (χ0v) is 12.9. The second-order valence-corrected chi connectivity index (χ2v) is 6.62.